The van der Waals surface area contributed by atoms with E-state index in [1.54, 1.807) is 6.07 Å². The molecule has 0 bridgehead atoms. The van der Waals surface area contributed by atoms with Gasteiger partial charge in [-0.15, -0.1) is 0 Å². The summed E-state index contributed by atoms with van der Waals surface area (Å²) in [6, 6.07) is 39.4. The van der Waals surface area contributed by atoms with Crippen LogP contribution in [0.25, 0.3) is 33.4 Å². The molecular weight excluding hydrogens is 470 g/mol. The van der Waals surface area contributed by atoms with Gasteiger partial charge in [-0.05, 0) is 42.0 Å². The largest absolute Gasteiger partial charge is 0.456 e. The van der Waals surface area contributed by atoms with Gasteiger partial charge in [0, 0.05) is 57.7 Å². The second-order valence-electron chi connectivity index (χ2n) is 8.79. The molecule has 1 aliphatic heterocycles. The van der Waals surface area contributed by atoms with Crippen molar-refractivity contribution in [2.45, 2.75) is 0 Å². The molecule has 1 heterocycles. The molecule has 4 aromatic rings. The number of fused-ring (bicyclic) bond motifs is 2. The molecule has 6 rings (SSSR count). The van der Waals surface area contributed by atoms with E-state index in [2.05, 4.69) is 10.3 Å². The fourth-order valence-corrected chi connectivity index (χ4v) is 4.63. The Balaban J connectivity index is 0.00000294. The van der Waals surface area contributed by atoms with Gasteiger partial charge in [-0.1, -0.05) is 54.6 Å². The Morgan fingerprint density at radius 2 is 1.42 bits per heavy atom. The lowest BCUT2D eigenvalue weighted by atomic mass is 9.90. The van der Waals surface area contributed by atoms with Crippen molar-refractivity contribution in [2.24, 2.45) is 5.73 Å². The van der Waals surface area contributed by atoms with Crippen LogP contribution in [0.4, 0.5) is 17.1 Å². The highest BCUT2D eigenvalue weighted by Gasteiger charge is 2.21. The molecule has 186 valence electrons. The molecule has 4 aromatic carbocycles. The predicted molar refractivity (Wildman–Crippen MR) is 153 cm³/mol. The fourth-order valence-electron chi connectivity index (χ4n) is 4.63. The minimum Gasteiger partial charge on any atom is -0.456 e. The molecule has 0 saturated carbocycles. The summed E-state index contributed by atoms with van der Waals surface area (Å²) in [7, 11) is 0. The van der Waals surface area contributed by atoms with Crippen LogP contribution in [0.15, 0.2) is 126 Å². The number of rotatable bonds is 5. The standard InChI is InChI=1S/C32H23N3O2.CH3/c33-32(36)26-14-8-7-13-25(26)31-27-17-15-23(34-21-9-3-1-4-10-21)19-29(27)37-30-20-24(16-18-28(30)31)35-22-11-5-2-6-12-22;/h1-20,34H,(H2,33,36);1H3/q;-1/p+1. The number of anilines is 2. The van der Waals surface area contributed by atoms with Crippen LogP contribution in [-0.2, 0) is 0 Å². The van der Waals surface area contributed by atoms with Gasteiger partial charge < -0.3 is 22.9 Å². The summed E-state index contributed by atoms with van der Waals surface area (Å²) >= 11 is 0. The highest BCUT2D eigenvalue weighted by molar-refractivity contribution is 6.09. The van der Waals surface area contributed by atoms with Gasteiger partial charge in [-0.3, -0.25) is 4.79 Å². The lowest BCUT2D eigenvalue weighted by Crippen LogP contribution is -2.70. The van der Waals surface area contributed by atoms with Crippen LogP contribution in [0.3, 0.4) is 0 Å². The van der Waals surface area contributed by atoms with Gasteiger partial charge in [0.25, 0.3) is 0 Å². The first kappa shape index (κ1) is 24.5. The first-order chi connectivity index (χ1) is 18.2. The monoisotopic (exact) mass is 497 g/mol. The minimum absolute atomic E-state index is 0. The molecule has 0 radical (unpaired) electrons. The molecule has 2 aliphatic rings. The maximum Gasteiger partial charge on any atom is 0.249 e. The minimum atomic E-state index is -0.470. The van der Waals surface area contributed by atoms with Crippen LogP contribution in [0.5, 0.6) is 0 Å². The number of nitrogens with two attached hydrogens (primary N) is 1. The number of carbonyl (C=O) groups excluding carboxylic acids is 1. The first-order valence-corrected chi connectivity index (χ1v) is 12.0. The van der Waals surface area contributed by atoms with E-state index in [1.807, 2.05) is 115 Å². The summed E-state index contributed by atoms with van der Waals surface area (Å²) in [5.41, 5.74) is 12.4. The summed E-state index contributed by atoms with van der Waals surface area (Å²) in [5.74, 6) is 0.224. The van der Waals surface area contributed by atoms with E-state index >= 15 is 0 Å². The van der Waals surface area contributed by atoms with E-state index in [9.17, 15) is 4.79 Å². The summed E-state index contributed by atoms with van der Waals surface area (Å²) in [4.78, 5) is 15.8. The Labute approximate surface area is 221 Å². The van der Waals surface area contributed by atoms with Gasteiger partial charge in [0.1, 0.15) is 11.3 Å². The molecule has 0 saturated heterocycles. The highest BCUT2D eigenvalue weighted by atomic mass is 16.3. The van der Waals surface area contributed by atoms with Gasteiger partial charge in [-0.25, -0.2) is 4.99 Å². The zero-order valence-corrected chi connectivity index (χ0v) is 20.9. The van der Waals surface area contributed by atoms with Crippen LogP contribution in [0.2, 0.25) is 0 Å². The molecule has 0 unspecified atom stereocenters. The number of benzene rings is 5. The van der Waals surface area contributed by atoms with E-state index in [0.717, 1.165) is 44.5 Å². The first-order valence-electron chi connectivity index (χ1n) is 12.0. The van der Waals surface area contributed by atoms with Crippen LogP contribution >= 0.6 is 0 Å². The zero-order chi connectivity index (χ0) is 25.2. The maximum atomic E-state index is 12.4. The molecule has 5 heteroatoms. The van der Waals surface area contributed by atoms with Crippen molar-refractivity contribution in [3.05, 3.63) is 140 Å². The quantitative estimate of drug-likeness (QED) is 0.208. The van der Waals surface area contributed by atoms with Crippen LogP contribution in [0.1, 0.15) is 10.4 Å². The van der Waals surface area contributed by atoms with Gasteiger partial charge in [-0.2, -0.15) is 0 Å². The average molecular weight is 498 g/mol. The number of nitrogens with one attached hydrogen (secondary N) is 2. The maximum absolute atomic E-state index is 12.4. The van der Waals surface area contributed by atoms with E-state index in [-0.39, 0.29) is 7.43 Å². The molecule has 38 heavy (non-hydrogen) atoms. The third-order valence-corrected chi connectivity index (χ3v) is 6.31. The molecule has 5 nitrogen and oxygen atoms in total. The fraction of sp³-hybridized carbons (Fsp3) is 0. The van der Waals surface area contributed by atoms with Crippen molar-refractivity contribution in [2.75, 3.05) is 5.32 Å². The van der Waals surface area contributed by atoms with Gasteiger partial charge in [0.2, 0.25) is 17.0 Å². The SMILES string of the molecule is NC(=O)c1ccccc1-c1c2ccc(=[NH+]c3ccccc3)cc-2oc2cc(Nc3ccccc3)ccc12.[CH3-]. The van der Waals surface area contributed by atoms with E-state index in [0.29, 0.717) is 16.9 Å². The van der Waals surface area contributed by atoms with E-state index < -0.39 is 5.91 Å². The third-order valence-electron chi connectivity index (χ3n) is 6.31. The van der Waals surface area contributed by atoms with Crippen molar-refractivity contribution >= 4 is 33.9 Å². The predicted octanol–water partition coefficient (Wildman–Crippen LogP) is 5.81. The molecular formula is C33H27N3O2. The Kier molecular flexibility index (Phi) is 6.74. The topological polar surface area (TPSA) is 82.2 Å². The Morgan fingerprint density at radius 1 is 0.711 bits per heavy atom. The van der Waals surface area contributed by atoms with Crippen molar-refractivity contribution in [3.8, 4) is 22.5 Å². The Morgan fingerprint density at radius 3 is 2.18 bits per heavy atom. The molecule has 1 aliphatic carbocycles. The molecule has 0 spiro atoms. The number of carbonyl (C=O) groups is 1. The molecule has 0 atom stereocenters. The Hall–Kier alpha value is -5.16. The number of para-hydroxylation sites is 2. The van der Waals surface area contributed by atoms with Crippen molar-refractivity contribution in [3.63, 3.8) is 0 Å². The second kappa shape index (κ2) is 10.4. The van der Waals surface area contributed by atoms with E-state index in [4.69, 9.17) is 10.2 Å². The van der Waals surface area contributed by atoms with Crippen LogP contribution < -0.4 is 21.4 Å². The lowest BCUT2D eigenvalue weighted by molar-refractivity contribution is -0.402. The number of amides is 1. The zero-order valence-electron chi connectivity index (χ0n) is 20.9. The van der Waals surface area contributed by atoms with E-state index in [1.165, 1.54) is 0 Å². The van der Waals surface area contributed by atoms with Crippen molar-refractivity contribution in [1.82, 2.24) is 0 Å². The summed E-state index contributed by atoms with van der Waals surface area (Å²) in [6.07, 6.45) is 0. The average Bonchev–Trinajstić information content (AvgIpc) is 2.93. The Bertz CT molecular complexity index is 1770. The number of hydrogen-bond acceptors (Lipinski definition) is 3. The smallest absolute Gasteiger partial charge is 0.249 e. The highest BCUT2D eigenvalue weighted by Crippen LogP contribution is 2.41. The summed E-state index contributed by atoms with van der Waals surface area (Å²) in [6.45, 7) is 0. The summed E-state index contributed by atoms with van der Waals surface area (Å²) in [5, 5.41) is 5.22. The molecule has 0 aromatic heterocycles. The van der Waals surface area contributed by atoms with Crippen molar-refractivity contribution in [1.29, 1.82) is 0 Å². The lowest BCUT2D eigenvalue weighted by Gasteiger charge is -2.17. The molecule has 4 N–H and O–H groups in total. The summed E-state index contributed by atoms with van der Waals surface area (Å²) < 4.78 is 6.47. The number of hydrogen-bond donors (Lipinski definition) is 3. The van der Waals surface area contributed by atoms with Gasteiger partial charge in [0.15, 0.2) is 0 Å². The number of primary amides is 1. The van der Waals surface area contributed by atoms with Crippen LogP contribution in [0, 0.1) is 7.43 Å². The van der Waals surface area contributed by atoms with Crippen LogP contribution in [-0.4, -0.2) is 5.91 Å². The normalized spacial score (nSPS) is 11.3. The van der Waals surface area contributed by atoms with Gasteiger partial charge >= 0.3 is 0 Å². The van der Waals surface area contributed by atoms with Crippen molar-refractivity contribution < 1.29 is 14.2 Å². The molecule has 1 amide bonds. The van der Waals surface area contributed by atoms with Gasteiger partial charge in [0.05, 0.1) is 6.07 Å². The third kappa shape index (κ3) is 4.77. The second-order valence-corrected chi connectivity index (χ2v) is 8.79. The molecule has 0 fully saturated rings.